The van der Waals surface area contributed by atoms with Crippen LogP contribution in [0.15, 0.2) is 0 Å². The lowest BCUT2D eigenvalue weighted by molar-refractivity contribution is -0.353. The lowest BCUT2D eigenvalue weighted by Gasteiger charge is -2.50. The van der Waals surface area contributed by atoms with Gasteiger partial charge < -0.3 is 19.7 Å². The van der Waals surface area contributed by atoms with Crippen LogP contribution in [0.25, 0.3) is 0 Å². The lowest BCUT2D eigenvalue weighted by atomic mass is 9.74. The zero-order valence-electron chi connectivity index (χ0n) is 8.54. The summed E-state index contributed by atoms with van der Waals surface area (Å²) in [4.78, 5) is 0. The molecule has 4 atom stereocenters. The van der Waals surface area contributed by atoms with Crippen molar-refractivity contribution in [1.82, 2.24) is 0 Å². The first-order valence-electron chi connectivity index (χ1n) is 5.18. The van der Waals surface area contributed by atoms with Gasteiger partial charge in [0.25, 0.3) is 0 Å². The first kappa shape index (κ1) is 9.09. The number of hydrogen-bond acceptors (Lipinski definition) is 4. The van der Waals surface area contributed by atoms with E-state index < -0.39 is 22.8 Å². The van der Waals surface area contributed by atoms with Crippen LogP contribution in [0.1, 0.15) is 39.5 Å². The molecule has 4 heteroatoms. The van der Waals surface area contributed by atoms with Gasteiger partial charge in [-0.25, -0.2) is 0 Å². The predicted molar refractivity (Wildman–Crippen MR) is 47.3 cm³/mol. The Balaban J connectivity index is 1.95. The van der Waals surface area contributed by atoms with Crippen molar-refractivity contribution in [3.05, 3.63) is 0 Å². The molecular weight excluding hydrogens is 184 g/mol. The fourth-order valence-electron chi connectivity index (χ4n) is 2.65. The minimum atomic E-state index is -1.17. The van der Waals surface area contributed by atoms with Crippen LogP contribution in [-0.2, 0) is 9.47 Å². The Labute approximate surface area is 82.8 Å². The van der Waals surface area contributed by atoms with E-state index in [0.717, 1.165) is 6.42 Å². The molecule has 4 nitrogen and oxygen atoms in total. The van der Waals surface area contributed by atoms with Crippen molar-refractivity contribution < 1.29 is 19.7 Å². The van der Waals surface area contributed by atoms with E-state index >= 15 is 0 Å². The van der Waals surface area contributed by atoms with E-state index in [1.807, 2.05) is 6.92 Å². The van der Waals surface area contributed by atoms with Crippen LogP contribution >= 0.6 is 0 Å². The summed E-state index contributed by atoms with van der Waals surface area (Å²) in [7, 11) is 0. The van der Waals surface area contributed by atoms with E-state index in [1.54, 1.807) is 6.92 Å². The second-order valence-corrected chi connectivity index (χ2v) is 5.25. The quantitative estimate of drug-likeness (QED) is 0.598. The molecule has 3 fully saturated rings. The molecule has 0 amide bonds. The first-order chi connectivity index (χ1) is 6.33. The molecule has 1 spiro atoms. The van der Waals surface area contributed by atoms with Crippen molar-refractivity contribution in [3.8, 4) is 0 Å². The molecule has 80 valence electrons. The molecule has 2 N–H and O–H groups in total. The Bertz CT molecular complexity index is 282. The highest BCUT2D eigenvalue weighted by Crippen LogP contribution is 2.63. The monoisotopic (exact) mass is 200 g/mol. The van der Waals surface area contributed by atoms with Crippen LogP contribution in [0.4, 0.5) is 0 Å². The van der Waals surface area contributed by atoms with Crippen LogP contribution in [0, 0.1) is 0 Å². The minimum absolute atomic E-state index is 0.599. The average Bonchev–Trinajstić information content (AvgIpc) is 2.27. The number of aliphatic hydroxyl groups is 2. The third-order valence-corrected chi connectivity index (χ3v) is 4.25. The van der Waals surface area contributed by atoms with Crippen molar-refractivity contribution >= 4 is 0 Å². The fraction of sp³-hybridized carbons (Fsp3) is 1.00. The third-order valence-electron chi connectivity index (χ3n) is 4.25. The molecule has 0 aromatic carbocycles. The highest BCUT2D eigenvalue weighted by molar-refractivity contribution is 5.15. The second-order valence-electron chi connectivity index (χ2n) is 5.25. The van der Waals surface area contributed by atoms with Gasteiger partial charge in [0.15, 0.2) is 5.79 Å². The van der Waals surface area contributed by atoms with Crippen molar-refractivity contribution in [3.63, 3.8) is 0 Å². The standard InChI is InChI=1S/C10H16O4/c1-7(11)3-6-10(7)13-8(2)4-5-9(8,12)14-10/h11-12H,3-6H2,1-2H3. The Morgan fingerprint density at radius 2 is 1.64 bits per heavy atom. The highest BCUT2D eigenvalue weighted by atomic mass is 16.8. The molecule has 4 unspecified atom stereocenters. The summed E-state index contributed by atoms with van der Waals surface area (Å²) in [5.74, 6) is -2.12. The summed E-state index contributed by atoms with van der Waals surface area (Å²) in [5.41, 5.74) is -1.57. The molecule has 1 heterocycles. The first-order valence-corrected chi connectivity index (χ1v) is 5.18. The molecule has 0 aromatic rings. The summed E-state index contributed by atoms with van der Waals surface area (Å²) in [6, 6.07) is 0. The van der Waals surface area contributed by atoms with E-state index in [2.05, 4.69) is 0 Å². The van der Waals surface area contributed by atoms with Crippen molar-refractivity contribution in [1.29, 1.82) is 0 Å². The summed E-state index contributed by atoms with van der Waals surface area (Å²) in [6.45, 7) is 3.55. The van der Waals surface area contributed by atoms with Crippen LogP contribution in [0.3, 0.4) is 0 Å². The maximum absolute atomic E-state index is 10.1. The van der Waals surface area contributed by atoms with Gasteiger partial charge in [0.05, 0.1) is 0 Å². The van der Waals surface area contributed by atoms with Gasteiger partial charge in [-0.15, -0.1) is 0 Å². The van der Waals surface area contributed by atoms with E-state index in [0.29, 0.717) is 19.3 Å². The SMILES string of the molecule is CC1(O)CCC12OC1(C)CCC1(O)O2. The summed E-state index contributed by atoms with van der Waals surface area (Å²) >= 11 is 0. The molecule has 3 rings (SSSR count). The van der Waals surface area contributed by atoms with Gasteiger partial charge in [0.1, 0.15) is 11.2 Å². The Morgan fingerprint density at radius 3 is 1.86 bits per heavy atom. The molecule has 1 saturated heterocycles. The number of hydrogen-bond donors (Lipinski definition) is 2. The maximum atomic E-state index is 10.1. The Kier molecular flexibility index (Phi) is 1.31. The Hall–Kier alpha value is -0.160. The van der Waals surface area contributed by atoms with E-state index in [-0.39, 0.29) is 0 Å². The zero-order valence-corrected chi connectivity index (χ0v) is 8.54. The van der Waals surface area contributed by atoms with Crippen molar-refractivity contribution in [2.24, 2.45) is 0 Å². The molecule has 0 aromatic heterocycles. The van der Waals surface area contributed by atoms with Gasteiger partial charge in [0.2, 0.25) is 5.79 Å². The fourth-order valence-corrected chi connectivity index (χ4v) is 2.65. The van der Waals surface area contributed by atoms with Gasteiger partial charge in [-0.1, -0.05) is 0 Å². The molecule has 2 aliphatic carbocycles. The van der Waals surface area contributed by atoms with E-state index in [4.69, 9.17) is 9.47 Å². The average molecular weight is 200 g/mol. The van der Waals surface area contributed by atoms with Gasteiger partial charge in [-0.05, 0) is 26.7 Å². The number of ether oxygens (including phenoxy) is 2. The van der Waals surface area contributed by atoms with E-state index in [1.165, 1.54) is 0 Å². The minimum Gasteiger partial charge on any atom is -0.385 e. The van der Waals surface area contributed by atoms with Gasteiger partial charge in [-0.3, -0.25) is 0 Å². The molecule has 14 heavy (non-hydrogen) atoms. The molecule has 3 aliphatic rings. The highest BCUT2D eigenvalue weighted by Gasteiger charge is 2.76. The topological polar surface area (TPSA) is 58.9 Å². The maximum Gasteiger partial charge on any atom is 0.201 e. The van der Waals surface area contributed by atoms with Crippen LogP contribution in [-0.4, -0.2) is 33.0 Å². The van der Waals surface area contributed by atoms with Crippen LogP contribution in [0.5, 0.6) is 0 Å². The van der Waals surface area contributed by atoms with E-state index in [9.17, 15) is 10.2 Å². The lowest BCUT2D eigenvalue weighted by Crippen LogP contribution is -2.62. The van der Waals surface area contributed by atoms with Crippen LogP contribution in [0.2, 0.25) is 0 Å². The molecule has 0 bridgehead atoms. The summed E-state index contributed by atoms with van der Waals surface area (Å²) in [6.07, 6.45) is 2.72. The molecular formula is C10H16O4. The van der Waals surface area contributed by atoms with Gasteiger partial charge in [-0.2, -0.15) is 0 Å². The number of rotatable bonds is 0. The largest absolute Gasteiger partial charge is 0.385 e. The van der Waals surface area contributed by atoms with Crippen molar-refractivity contribution in [2.45, 2.75) is 62.3 Å². The predicted octanol–water partition coefficient (Wildman–Crippen LogP) is 0.515. The normalized spacial score (nSPS) is 66.0. The summed E-state index contributed by atoms with van der Waals surface area (Å²) < 4.78 is 11.3. The summed E-state index contributed by atoms with van der Waals surface area (Å²) in [5, 5.41) is 20.1. The third kappa shape index (κ3) is 0.724. The van der Waals surface area contributed by atoms with Gasteiger partial charge >= 0.3 is 0 Å². The smallest absolute Gasteiger partial charge is 0.201 e. The van der Waals surface area contributed by atoms with Crippen LogP contribution < -0.4 is 0 Å². The zero-order chi connectivity index (χ0) is 10.2. The number of fused-ring (bicyclic) bond motifs is 1. The molecule has 0 radical (unpaired) electrons. The molecule has 2 saturated carbocycles. The van der Waals surface area contributed by atoms with Gasteiger partial charge in [0, 0.05) is 12.8 Å². The Morgan fingerprint density at radius 1 is 0.929 bits per heavy atom. The molecule has 1 aliphatic heterocycles. The van der Waals surface area contributed by atoms with Crippen molar-refractivity contribution in [2.75, 3.05) is 0 Å². The second kappa shape index (κ2) is 2.02.